The minimum atomic E-state index is -0.509. The zero-order valence-corrected chi connectivity index (χ0v) is 14.8. The van der Waals surface area contributed by atoms with Crippen molar-refractivity contribution in [3.05, 3.63) is 59.1 Å². The summed E-state index contributed by atoms with van der Waals surface area (Å²) in [4.78, 5) is 32.1. The number of nitrogens with one attached hydrogen (secondary N) is 1. The maximum absolute atomic E-state index is 12.5. The highest BCUT2D eigenvalue weighted by atomic mass is 32.1. The number of thiazole rings is 1. The summed E-state index contributed by atoms with van der Waals surface area (Å²) in [6.45, 7) is 3.43. The second kappa shape index (κ2) is 7.00. The Morgan fingerprint density at radius 1 is 1.15 bits per heavy atom. The lowest BCUT2D eigenvalue weighted by atomic mass is 10.1. The maximum atomic E-state index is 12.5. The molecule has 3 aromatic rings. The zero-order valence-electron chi connectivity index (χ0n) is 14.0. The summed E-state index contributed by atoms with van der Waals surface area (Å²) >= 11 is 1.34. The number of para-hydroxylation sites is 1. The van der Waals surface area contributed by atoms with Crippen molar-refractivity contribution in [2.75, 3.05) is 12.1 Å². The smallest absolute Gasteiger partial charge is 0.278 e. The molecule has 134 valence electrons. The van der Waals surface area contributed by atoms with E-state index in [1.807, 2.05) is 18.2 Å². The van der Waals surface area contributed by atoms with Gasteiger partial charge in [-0.3, -0.25) is 9.59 Å². The SMILES string of the molecule is C=NC(=O)c1ccccc1NC(=O)c1csc(-c2ccc3c(c2)OCO3)n1. The average Bonchev–Trinajstić information content (AvgIpc) is 3.36. The minimum Gasteiger partial charge on any atom is -0.454 e. The number of hydrogen-bond acceptors (Lipinski definition) is 6. The van der Waals surface area contributed by atoms with Gasteiger partial charge < -0.3 is 14.8 Å². The predicted molar refractivity (Wildman–Crippen MR) is 102 cm³/mol. The van der Waals surface area contributed by atoms with Crippen LogP contribution in [0.2, 0.25) is 0 Å². The molecular weight excluding hydrogens is 366 g/mol. The van der Waals surface area contributed by atoms with Crippen LogP contribution < -0.4 is 14.8 Å². The molecule has 1 aromatic heterocycles. The fraction of sp³-hybridized carbons (Fsp3) is 0.0526. The van der Waals surface area contributed by atoms with Crippen LogP contribution in [0.25, 0.3) is 10.6 Å². The molecule has 0 bridgehead atoms. The quantitative estimate of drug-likeness (QED) is 0.699. The number of ether oxygens (including phenoxy) is 2. The van der Waals surface area contributed by atoms with E-state index in [0.717, 1.165) is 5.56 Å². The number of amides is 2. The van der Waals surface area contributed by atoms with Crippen molar-refractivity contribution in [2.45, 2.75) is 0 Å². The molecule has 2 heterocycles. The minimum absolute atomic E-state index is 0.196. The summed E-state index contributed by atoms with van der Waals surface area (Å²) in [5.74, 6) is 0.413. The Bertz CT molecular complexity index is 1060. The van der Waals surface area contributed by atoms with Gasteiger partial charge in [0.2, 0.25) is 6.79 Å². The van der Waals surface area contributed by atoms with E-state index in [2.05, 4.69) is 22.0 Å². The Morgan fingerprint density at radius 3 is 2.81 bits per heavy atom. The summed E-state index contributed by atoms with van der Waals surface area (Å²) in [5, 5.41) is 5.04. The maximum Gasteiger partial charge on any atom is 0.278 e. The molecule has 0 radical (unpaired) electrons. The van der Waals surface area contributed by atoms with Crippen molar-refractivity contribution in [3.8, 4) is 22.1 Å². The highest BCUT2D eigenvalue weighted by molar-refractivity contribution is 7.13. The first kappa shape index (κ1) is 16.9. The number of benzene rings is 2. The Morgan fingerprint density at radius 2 is 1.96 bits per heavy atom. The third kappa shape index (κ3) is 3.30. The molecule has 0 fully saturated rings. The third-order valence-corrected chi connectivity index (χ3v) is 4.80. The van der Waals surface area contributed by atoms with Crippen molar-refractivity contribution < 1.29 is 19.1 Å². The number of anilines is 1. The molecule has 2 aromatic carbocycles. The second-order valence-electron chi connectivity index (χ2n) is 5.57. The van der Waals surface area contributed by atoms with E-state index in [1.54, 1.807) is 29.6 Å². The molecule has 0 aliphatic carbocycles. The third-order valence-electron chi connectivity index (χ3n) is 3.91. The molecule has 1 N–H and O–H groups in total. The topological polar surface area (TPSA) is 89.9 Å². The molecule has 0 saturated heterocycles. The number of carbonyl (C=O) groups excluding carboxylic acids is 2. The number of carbonyl (C=O) groups is 2. The summed E-state index contributed by atoms with van der Waals surface area (Å²) < 4.78 is 10.7. The van der Waals surface area contributed by atoms with Gasteiger partial charge >= 0.3 is 0 Å². The van der Waals surface area contributed by atoms with Crippen LogP contribution >= 0.6 is 11.3 Å². The fourth-order valence-corrected chi connectivity index (χ4v) is 3.39. The molecule has 7 nitrogen and oxygen atoms in total. The molecule has 0 unspecified atom stereocenters. The molecule has 27 heavy (non-hydrogen) atoms. The van der Waals surface area contributed by atoms with E-state index in [0.29, 0.717) is 22.2 Å². The van der Waals surface area contributed by atoms with Crippen molar-refractivity contribution >= 4 is 35.6 Å². The Hall–Kier alpha value is -3.52. The largest absolute Gasteiger partial charge is 0.454 e. The van der Waals surface area contributed by atoms with Crippen molar-refractivity contribution in [3.63, 3.8) is 0 Å². The van der Waals surface area contributed by atoms with E-state index in [1.165, 1.54) is 11.3 Å². The van der Waals surface area contributed by atoms with Gasteiger partial charge in [0, 0.05) is 10.9 Å². The van der Waals surface area contributed by atoms with Gasteiger partial charge in [-0.05, 0) is 37.0 Å². The molecule has 1 aliphatic rings. The van der Waals surface area contributed by atoms with Crippen molar-refractivity contribution in [1.82, 2.24) is 4.98 Å². The number of fused-ring (bicyclic) bond motifs is 1. The predicted octanol–water partition coefficient (Wildman–Crippen LogP) is 3.63. The van der Waals surface area contributed by atoms with Gasteiger partial charge in [0.15, 0.2) is 11.5 Å². The molecule has 2 amide bonds. The normalized spacial score (nSPS) is 11.9. The van der Waals surface area contributed by atoms with Crippen molar-refractivity contribution in [1.29, 1.82) is 0 Å². The van der Waals surface area contributed by atoms with Gasteiger partial charge in [0.25, 0.3) is 11.8 Å². The van der Waals surface area contributed by atoms with Gasteiger partial charge in [-0.25, -0.2) is 9.98 Å². The van der Waals surface area contributed by atoms with Crippen LogP contribution in [0.1, 0.15) is 20.8 Å². The van der Waals surface area contributed by atoms with Crippen LogP contribution in [0, 0.1) is 0 Å². The number of aliphatic imine (C=N–C) groups is 1. The molecule has 0 saturated carbocycles. The van der Waals surface area contributed by atoms with Crippen LogP contribution in [0.15, 0.2) is 52.8 Å². The lowest BCUT2D eigenvalue weighted by Crippen LogP contribution is -2.14. The van der Waals surface area contributed by atoms with Gasteiger partial charge in [-0.1, -0.05) is 12.1 Å². The van der Waals surface area contributed by atoms with Gasteiger partial charge in [0.05, 0.1) is 11.3 Å². The number of aromatic nitrogens is 1. The molecule has 1 aliphatic heterocycles. The Kier molecular flexibility index (Phi) is 4.39. The number of rotatable bonds is 4. The van der Waals surface area contributed by atoms with Crippen LogP contribution in [0.3, 0.4) is 0 Å². The lowest BCUT2D eigenvalue weighted by molar-refractivity contribution is 0.100. The highest BCUT2D eigenvalue weighted by Gasteiger charge is 2.18. The van der Waals surface area contributed by atoms with Crippen LogP contribution in [-0.4, -0.2) is 30.3 Å². The molecule has 0 atom stereocenters. The summed E-state index contributed by atoms with van der Waals surface area (Å²) in [7, 11) is 0. The lowest BCUT2D eigenvalue weighted by Gasteiger charge is -2.07. The average molecular weight is 379 g/mol. The highest BCUT2D eigenvalue weighted by Crippen LogP contribution is 2.36. The summed E-state index contributed by atoms with van der Waals surface area (Å²) in [6, 6.07) is 12.1. The molecular formula is C19H13N3O4S. The van der Waals surface area contributed by atoms with E-state index in [-0.39, 0.29) is 18.1 Å². The van der Waals surface area contributed by atoms with Crippen LogP contribution in [0.4, 0.5) is 5.69 Å². The van der Waals surface area contributed by atoms with Gasteiger partial charge in [-0.2, -0.15) is 0 Å². The second-order valence-corrected chi connectivity index (χ2v) is 6.43. The zero-order chi connectivity index (χ0) is 18.8. The van der Waals surface area contributed by atoms with E-state index >= 15 is 0 Å². The molecule has 4 rings (SSSR count). The first-order chi connectivity index (χ1) is 13.2. The van der Waals surface area contributed by atoms with E-state index in [9.17, 15) is 9.59 Å². The summed E-state index contributed by atoms with van der Waals surface area (Å²) in [5.41, 5.74) is 1.71. The molecule has 8 heteroatoms. The van der Waals surface area contributed by atoms with E-state index in [4.69, 9.17) is 9.47 Å². The molecule has 0 spiro atoms. The fourth-order valence-electron chi connectivity index (χ4n) is 2.59. The van der Waals surface area contributed by atoms with Crippen molar-refractivity contribution in [2.24, 2.45) is 4.99 Å². The standard InChI is InChI=1S/C19H13N3O4S/c1-20-17(23)12-4-2-3-5-13(12)21-18(24)14-9-27-19(22-14)11-6-7-15-16(8-11)26-10-25-15/h2-9H,1,10H2,(H,21,24). The van der Waals surface area contributed by atoms with Crippen LogP contribution in [0.5, 0.6) is 11.5 Å². The Balaban J connectivity index is 1.56. The monoisotopic (exact) mass is 379 g/mol. The van der Waals surface area contributed by atoms with E-state index < -0.39 is 11.8 Å². The summed E-state index contributed by atoms with van der Waals surface area (Å²) in [6.07, 6.45) is 0. The number of nitrogens with zero attached hydrogens (tertiary/aromatic N) is 2. The first-order valence-electron chi connectivity index (χ1n) is 7.92. The number of hydrogen-bond donors (Lipinski definition) is 1. The Labute approximate surface area is 158 Å². The van der Waals surface area contributed by atoms with Crippen LogP contribution in [-0.2, 0) is 0 Å². The van der Waals surface area contributed by atoms with Gasteiger partial charge in [0.1, 0.15) is 10.7 Å². The first-order valence-corrected chi connectivity index (χ1v) is 8.80. The van der Waals surface area contributed by atoms with Gasteiger partial charge in [-0.15, -0.1) is 11.3 Å².